The van der Waals surface area contributed by atoms with Gasteiger partial charge >= 0.3 is 0 Å². The largest absolute Gasteiger partial charge is 0.489 e. The van der Waals surface area contributed by atoms with Gasteiger partial charge in [0.25, 0.3) is 0 Å². The van der Waals surface area contributed by atoms with Crippen LogP contribution in [0, 0.1) is 0 Å². The number of ether oxygens (including phenoxy) is 2. The molecule has 0 amide bonds. The van der Waals surface area contributed by atoms with Crippen LogP contribution in [-0.4, -0.2) is 34.3 Å². The third-order valence-corrected chi connectivity index (χ3v) is 3.97. The molecule has 0 heterocycles. The Balaban J connectivity index is 2.77. The van der Waals surface area contributed by atoms with Gasteiger partial charge in [-0.25, -0.2) is 13.1 Å². The molecule has 0 radical (unpaired) electrons. The fraction of sp³-hybridized carbons (Fsp3) is 0.538. The highest BCUT2D eigenvalue weighted by Crippen LogP contribution is 2.25. The summed E-state index contributed by atoms with van der Waals surface area (Å²) in [5, 5.41) is 0. The van der Waals surface area contributed by atoms with E-state index in [4.69, 9.17) is 15.2 Å². The molecule has 1 rings (SSSR count). The molecule has 0 aromatic heterocycles. The molecule has 1 aromatic rings. The van der Waals surface area contributed by atoms with E-state index < -0.39 is 10.0 Å². The molecular formula is C13H22N2O4S. The minimum absolute atomic E-state index is 0.122. The topological polar surface area (TPSA) is 90.7 Å². The Hall–Kier alpha value is -1.31. The van der Waals surface area contributed by atoms with E-state index in [1.54, 1.807) is 6.92 Å². The van der Waals surface area contributed by atoms with E-state index in [0.717, 1.165) is 0 Å². The number of nitrogens with one attached hydrogen (secondary N) is 1. The Bertz CT molecular complexity index is 529. The van der Waals surface area contributed by atoms with Crippen molar-refractivity contribution in [3.63, 3.8) is 0 Å². The molecule has 0 aliphatic heterocycles. The fourth-order valence-electron chi connectivity index (χ4n) is 1.52. The third kappa shape index (κ3) is 4.99. The van der Waals surface area contributed by atoms with E-state index in [9.17, 15) is 8.42 Å². The third-order valence-electron chi connectivity index (χ3n) is 2.42. The van der Waals surface area contributed by atoms with Crippen LogP contribution >= 0.6 is 0 Å². The highest BCUT2D eigenvalue weighted by atomic mass is 32.2. The van der Waals surface area contributed by atoms with E-state index in [1.165, 1.54) is 18.2 Å². The van der Waals surface area contributed by atoms with E-state index in [0.29, 0.717) is 31.2 Å². The molecule has 20 heavy (non-hydrogen) atoms. The predicted octanol–water partition coefficient (Wildman–Crippen LogP) is 1.37. The van der Waals surface area contributed by atoms with Crippen LogP contribution in [0.4, 0.5) is 5.69 Å². The Morgan fingerprint density at radius 1 is 1.30 bits per heavy atom. The van der Waals surface area contributed by atoms with Gasteiger partial charge in [-0.1, -0.05) is 6.92 Å². The molecule has 1 aromatic carbocycles. The molecule has 0 aliphatic carbocycles. The number of anilines is 1. The lowest BCUT2D eigenvalue weighted by atomic mass is 10.3. The second-order valence-corrected chi connectivity index (χ2v) is 6.24. The molecule has 0 fully saturated rings. The summed E-state index contributed by atoms with van der Waals surface area (Å²) in [5.74, 6) is 0.344. The highest BCUT2D eigenvalue weighted by Gasteiger charge is 2.14. The zero-order chi connectivity index (χ0) is 15.2. The molecule has 114 valence electrons. The predicted molar refractivity (Wildman–Crippen MR) is 78.3 cm³/mol. The van der Waals surface area contributed by atoms with Crippen molar-refractivity contribution in [1.29, 1.82) is 0 Å². The van der Waals surface area contributed by atoms with Crippen molar-refractivity contribution in [1.82, 2.24) is 4.72 Å². The van der Waals surface area contributed by atoms with Crippen LogP contribution in [0.5, 0.6) is 5.75 Å². The number of hydrogen-bond donors (Lipinski definition) is 2. The molecule has 3 N–H and O–H groups in total. The van der Waals surface area contributed by atoms with Crippen LogP contribution in [0.15, 0.2) is 23.1 Å². The molecule has 0 atom stereocenters. The first-order chi connectivity index (χ1) is 9.36. The quantitative estimate of drug-likeness (QED) is 0.559. The number of sulfonamides is 1. The SMILES string of the molecule is CCNS(=O)(=O)c1ccc(N)c(OCCOC(C)C)c1. The molecule has 0 unspecified atom stereocenters. The number of hydrogen-bond acceptors (Lipinski definition) is 5. The van der Waals surface area contributed by atoms with Crippen molar-refractivity contribution in [2.24, 2.45) is 0 Å². The van der Waals surface area contributed by atoms with E-state index in [2.05, 4.69) is 4.72 Å². The van der Waals surface area contributed by atoms with Crippen molar-refractivity contribution in [2.45, 2.75) is 31.8 Å². The molecule has 0 spiro atoms. The lowest BCUT2D eigenvalue weighted by Gasteiger charge is -2.12. The highest BCUT2D eigenvalue weighted by molar-refractivity contribution is 7.89. The normalized spacial score (nSPS) is 11.8. The van der Waals surface area contributed by atoms with Gasteiger partial charge in [0.1, 0.15) is 12.4 Å². The van der Waals surface area contributed by atoms with Crippen LogP contribution < -0.4 is 15.2 Å². The average Bonchev–Trinajstić information content (AvgIpc) is 2.36. The van der Waals surface area contributed by atoms with Crippen LogP contribution in [0.3, 0.4) is 0 Å². The summed E-state index contributed by atoms with van der Waals surface area (Å²) < 4.78 is 37.0. The van der Waals surface area contributed by atoms with E-state index in [-0.39, 0.29) is 11.0 Å². The van der Waals surface area contributed by atoms with Gasteiger partial charge in [-0.3, -0.25) is 0 Å². The fourth-order valence-corrected chi connectivity index (χ4v) is 2.57. The molecule has 6 nitrogen and oxygen atoms in total. The Kier molecular flexibility index (Phi) is 6.25. The van der Waals surface area contributed by atoms with Gasteiger partial charge in [-0.2, -0.15) is 0 Å². The molecule has 0 aliphatic rings. The van der Waals surface area contributed by atoms with Gasteiger partial charge in [-0.15, -0.1) is 0 Å². The molecular weight excluding hydrogens is 280 g/mol. The van der Waals surface area contributed by atoms with Crippen LogP contribution in [-0.2, 0) is 14.8 Å². The lowest BCUT2D eigenvalue weighted by molar-refractivity contribution is 0.0554. The first-order valence-electron chi connectivity index (χ1n) is 6.50. The summed E-state index contributed by atoms with van der Waals surface area (Å²) >= 11 is 0. The van der Waals surface area contributed by atoms with Crippen LogP contribution in [0.2, 0.25) is 0 Å². The molecule has 0 bridgehead atoms. The van der Waals surface area contributed by atoms with E-state index >= 15 is 0 Å². The number of nitrogen functional groups attached to an aromatic ring is 1. The van der Waals surface area contributed by atoms with Crippen molar-refractivity contribution in [3.05, 3.63) is 18.2 Å². The minimum Gasteiger partial charge on any atom is -0.489 e. The van der Waals surface area contributed by atoms with Gasteiger partial charge in [0.15, 0.2) is 0 Å². The molecule has 7 heteroatoms. The van der Waals surface area contributed by atoms with Crippen molar-refractivity contribution < 1.29 is 17.9 Å². The first kappa shape index (κ1) is 16.7. The Morgan fingerprint density at radius 2 is 2.00 bits per heavy atom. The number of nitrogens with two attached hydrogens (primary N) is 1. The second kappa shape index (κ2) is 7.47. The summed E-state index contributed by atoms with van der Waals surface area (Å²) in [5.41, 5.74) is 6.16. The summed E-state index contributed by atoms with van der Waals surface area (Å²) in [6, 6.07) is 4.39. The van der Waals surface area contributed by atoms with Crippen LogP contribution in [0.25, 0.3) is 0 Å². The van der Waals surface area contributed by atoms with Gasteiger partial charge < -0.3 is 15.2 Å². The zero-order valence-corrected chi connectivity index (χ0v) is 12.9. The summed E-state index contributed by atoms with van der Waals surface area (Å²) in [7, 11) is -3.51. The van der Waals surface area contributed by atoms with Crippen LogP contribution in [0.1, 0.15) is 20.8 Å². The maximum Gasteiger partial charge on any atom is 0.240 e. The van der Waals surface area contributed by atoms with E-state index in [1.807, 2.05) is 13.8 Å². The Morgan fingerprint density at radius 3 is 2.60 bits per heavy atom. The second-order valence-electron chi connectivity index (χ2n) is 4.47. The number of benzene rings is 1. The minimum atomic E-state index is -3.51. The standard InChI is InChI=1S/C13H22N2O4S/c1-4-15-20(16,17)11-5-6-12(14)13(9-11)19-8-7-18-10(2)3/h5-6,9-10,15H,4,7-8,14H2,1-3H3. The zero-order valence-electron chi connectivity index (χ0n) is 12.0. The summed E-state index contributed by atoms with van der Waals surface area (Å²) in [6.07, 6.45) is 0.122. The van der Waals surface area contributed by atoms with Gasteiger partial charge in [0.05, 0.1) is 23.3 Å². The molecule has 0 saturated carbocycles. The smallest absolute Gasteiger partial charge is 0.240 e. The monoisotopic (exact) mass is 302 g/mol. The van der Waals surface area contributed by atoms with Gasteiger partial charge in [0.2, 0.25) is 10.0 Å². The lowest BCUT2D eigenvalue weighted by Crippen LogP contribution is -2.23. The summed E-state index contributed by atoms with van der Waals surface area (Å²) in [4.78, 5) is 0.133. The molecule has 0 saturated heterocycles. The van der Waals surface area contributed by atoms with Gasteiger partial charge in [0, 0.05) is 12.6 Å². The van der Waals surface area contributed by atoms with Crippen molar-refractivity contribution in [2.75, 3.05) is 25.5 Å². The Labute approximate surface area is 120 Å². The average molecular weight is 302 g/mol. The summed E-state index contributed by atoms with van der Waals surface area (Å²) in [6.45, 7) is 6.63. The van der Waals surface area contributed by atoms with Gasteiger partial charge in [-0.05, 0) is 26.0 Å². The first-order valence-corrected chi connectivity index (χ1v) is 7.98. The maximum absolute atomic E-state index is 11.9. The number of rotatable bonds is 8. The van der Waals surface area contributed by atoms with Crippen molar-refractivity contribution >= 4 is 15.7 Å². The maximum atomic E-state index is 11.9. The van der Waals surface area contributed by atoms with Crippen molar-refractivity contribution in [3.8, 4) is 5.75 Å².